The van der Waals surface area contributed by atoms with Crippen LogP contribution in [0.4, 0.5) is 15.8 Å². The number of hydrazine groups is 1. The third kappa shape index (κ3) is 3.31. The smallest absolute Gasteiger partial charge is 0.292 e. The van der Waals surface area contributed by atoms with Gasteiger partial charge in [0.25, 0.3) is 5.69 Å². The Hall–Kier alpha value is -2.96. The van der Waals surface area contributed by atoms with Gasteiger partial charge in [-0.2, -0.15) is 0 Å². The van der Waals surface area contributed by atoms with Crippen molar-refractivity contribution in [1.82, 2.24) is 5.43 Å². The fourth-order valence-corrected chi connectivity index (χ4v) is 3.38. The summed E-state index contributed by atoms with van der Waals surface area (Å²) in [4.78, 5) is 23.4. The number of nitrogens with one attached hydrogen (secondary N) is 2. The van der Waals surface area contributed by atoms with E-state index in [-0.39, 0.29) is 23.1 Å². The van der Waals surface area contributed by atoms with Crippen LogP contribution in [0.1, 0.15) is 31.2 Å². The fraction of sp³-hybridized carbons (Fsp3) is 0.278. The third-order valence-corrected chi connectivity index (χ3v) is 4.70. The highest BCUT2D eigenvalue weighted by molar-refractivity contribution is 5.89. The number of halogens is 1. The largest absolute Gasteiger partial charge is 0.294 e. The van der Waals surface area contributed by atoms with Gasteiger partial charge in [-0.1, -0.05) is 37.1 Å². The molecule has 2 aromatic carbocycles. The van der Waals surface area contributed by atoms with Gasteiger partial charge >= 0.3 is 0 Å². The summed E-state index contributed by atoms with van der Waals surface area (Å²) in [6.07, 6.45) is 3.11. The maximum atomic E-state index is 13.2. The number of nitrogens with zero attached hydrogens (tertiary/aromatic N) is 1. The number of carbonyl (C=O) groups excluding carboxylic acids is 1. The molecule has 0 unspecified atom stereocenters. The molecule has 2 N–H and O–H groups in total. The lowest BCUT2D eigenvalue weighted by atomic mass is 9.78. The first-order chi connectivity index (χ1) is 12.0. The number of benzene rings is 2. The van der Waals surface area contributed by atoms with Gasteiger partial charge in [0.05, 0.1) is 10.3 Å². The van der Waals surface area contributed by atoms with Crippen molar-refractivity contribution in [3.63, 3.8) is 0 Å². The molecule has 0 radical (unpaired) electrons. The summed E-state index contributed by atoms with van der Waals surface area (Å²) in [7, 11) is 0. The van der Waals surface area contributed by atoms with E-state index in [1.165, 1.54) is 24.3 Å². The normalized spacial score (nSPS) is 15.6. The van der Waals surface area contributed by atoms with Crippen molar-refractivity contribution < 1.29 is 14.1 Å². The van der Waals surface area contributed by atoms with Crippen LogP contribution in [0.15, 0.2) is 48.5 Å². The van der Waals surface area contributed by atoms with E-state index in [9.17, 15) is 19.3 Å². The number of anilines is 1. The standard InChI is InChI=1S/C18H18FN3O3/c19-14-9-7-13(8-10-14)18(11-3-4-12-18)17(23)21-20-15-5-1-2-6-16(15)22(24)25/h1-2,5-10,20H,3-4,11-12H2,(H,21,23). The van der Waals surface area contributed by atoms with E-state index in [1.54, 1.807) is 24.3 Å². The number of amides is 1. The Morgan fingerprint density at radius 1 is 1.08 bits per heavy atom. The van der Waals surface area contributed by atoms with E-state index in [0.29, 0.717) is 12.8 Å². The first-order valence-corrected chi connectivity index (χ1v) is 8.09. The van der Waals surface area contributed by atoms with Crippen LogP contribution in [0.3, 0.4) is 0 Å². The molecular formula is C18H18FN3O3. The van der Waals surface area contributed by atoms with Gasteiger partial charge in [0.2, 0.25) is 5.91 Å². The Labute approximate surface area is 144 Å². The SMILES string of the molecule is O=C(NNc1ccccc1[N+](=O)[O-])C1(c2ccc(F)cc2)CCCC1. The van der Waals surface area contributed by atoms with Gasteiger partial charge in [-0.3, -0.25) is 25.8 Å². The first kappa shape index (κ1) is 16.9. The molecule has 1 aliphatic carbocycles. The van der Waals surface area contributed by atoms with Gasteiger partial charge in [-0.05, 0) is 36.6 Å². The highest BCUT2D eigenvalue weighted by Crippen LogP contribution is 2.41. The van der Waals surface area contributed by atoms with Crippen LogP contribution >= 0.6 is 0 Å². The summed E-state index contributed by atoms with van der Waals surface area (Å²) in [5.74, 6) is -0.620. The minimum Gasteiger partial charge on any atom is -0.292 e. The van der Waals surface area contributed by atoms with Crippen LogP contribution in [0, 0.1) is 15.9 Å². The molecule has 0 bridgehead atoms. The van der Waals surface area contributed by atoms with Gasteiger partial charge in [-0.15, -0.1) is 0 Å². The highest BCUT2D eigenvalue weighted by atomic mass is 19.1. The van der Waals surface area contributed by atoms with Crippen molar-refractivity contribution in [2.45, 2.75) is 31.1 Å². The maximum absolute atomic E-state index is 13.2. The Kier molecular flexibility index (Phi) is 4.65. The average molecular weight is 343 g/mol. The van der Waals surface area contributed by atoms with Crippen LogP contribution in [0.25, 0.3) is 0 Å². The summed E-state index contributed by atoms with van der Waals surface area (Å²) in [5.41, 5.74) is 5.37. The van der Waals surface area contributed by atoms with Gasteiger partial charge in [0, 0.05) is 6.07 Å². The molecular weight excluding hydrogens is 325 g/mol. The summed E-state index contributed by atoms with van der Waals surface area (Å²) in [5, 5.41) is 11.1. The van der Waals surface area contributed by atoms with Crippen molar-refractivity contribution in [3.05, 3.63) is 70.0 Å². The second-order valence-electron chi connectivity index (χ2n) is 6.15. The van der Waals surface area contributed by atoms with Gasteiger partial charge in [0.1, 0.15) is 11.5 Å². The van der Waals surface area contributed by atoms with Crippen LogP contribution in [0.2, 0.25) is 0 Å². The molecule has 1 fully saturated rings. The average Bonchev–Trinajstić information content (AvgIpc) is 3.11. The lowest BCUT2D eigenvalue weighted by Crippen LogP contribution is -2.45. The minimum atomic E-state index is -0.746. The number of nitro groups is 1. The van der Waals surface area contributed by atoms with Crippen LogP contribution in [-0.4, -0.2) is 10.8 Å². The van der Waals surface area contributed by atoms with Crippen LogP contribution in [0.5, 0.6) is 0 Å². The van der Waals surface area contributed by atoms with Gasteiger partial charge in [0.15, 0.2) is 0 Å². The van der Waals surface area contributed by atoms with Gasteiger partial charge in [-0.25, -0.2) is 4.39 Å². The van der Waals surface area contributed by atoms with E-state index in [2.05, 4.69) is 10.9 Å². The quantitative estimate of drug-likeness (QED) is 0.640. The van der Waals surface area contributed by atoms with E-state index in [4.69, 9.17) is 0 Å². The number of para-hydroxylation sites is 2. The second-order valence-corrected chi connectivity index (χ2v) is 6.15. The van der Waals surface area contributed by atoms with Crippen LogP contribution < -0.4 is 10.9 Å². The Morgan fingerprint density at radius 2 is 1.72 bits per heavy atom. The Balaban J connectivity index is 1.81. The molecule has 130 valence electrons. The van der Waals surface area contributed by atoms with E-state index < -0.39 is 10.3 Å². The number of hydrogen-bond acceptors (Lipinski definition) is 4. The Bertz CT molecular complexity index is 786. The summed E-state index contributed by atoms with van der Waals surface area (Å²) in [6, 6.07) is 12.0. The van der Waals surface area contributed by atoms with Crippen molar-refractivity contribution in [2.24, 2.45) is 0 Å². The zero-order valence-electron chi connectivity index (χ0n) is 13.5. The molecule has 1 saturated carbocycles. The van der Waals surface area contributed by atoms with E-state index in [0.717, 1.165) is 18.4 Å². The molecule has 2 aromatic rings. The predicted octanol–water partition coefficient (Wildman–Crippen LogP) is 3.69. The molecule has 25 heavy (non-hydrogen) atoms. The number of rotatable bonds is 5. The molecule has 7 heteroatoms. The van der Waals surface area contributed by atoms with E-state index >= 15 is 0 Å². The number of carbonyl (C=O) groups is 1. The fourth-order valence-electron chi connectivity index (χ4n) is 3.38. The second kappa shape index (κ2) is 6.88. The molecule has 0 aliphatic heterocycles. The van der Waals surface area contributed by atoms with Crippen molar-refractivity contribution in [3.8, 4) is 0 Å². The zero-order valence-corrected chi connectivity index (χ0v) is 13.5. The molecule has 0 heterocycles. The molecule has 3 rings (SSSR count). The summed E-state index contributed by atoms with van der Waals surface area (Å²) >= 11 is 0. The highest BCUT2D eigenvalue weighted by Gasteiger charge is 2.42. The monoisotopic (exact) mass is 343 g/mol. The Morgan fingerprint density at radius 3 is 2.36 bits per heavy atom. The van der Waals surface area contributed by atoms with E-state index in [1.807, 2.05) is 0 Å². The lowest BCUT2D eigenvalue weighted by molar-refractivity contribution is -0.384. The predicted molar refractivity (Wildman–Crippen MR) is 91.4 cm³/mol. The lowest BCUT2D eigenvalue weighted by Gasteiger charge is -2.28. The number of nitro benzene ring substituents is 1. The summed E-state index contributed by atoms with van der Waals surface area (Å²) < 4.78 is 13.2. The molecule has 6 nitrogen and oxygen atoms in total. The third-order valence-electron chi connectivity index (χ3n) is 4.70. The minimum absolute atomic E-state index is 0.120. The number of hydrogen-bond donors (Lipinski definition) is 2. The molecule has 0 atom stereocenters. The van der Waals surface area contributed by atoms with Crippen molar-refractivity contribution in [1.29, 1.82) is 0 Å². The molecule has 1 amide bonds. The molecule has 0 spiro atoms. The molecule has 0 aromatic heterocycles. The van der Waals surface area contributed by atoms with Gasteiger partial charge < -0.3 is 0 Å². The topological polar surface area (TPSA) is 84.3 Å². The zero-order chi connectivity index (χ0) is 17.9. The maximum Gasteiger partial charge on any atom is 0.294 e. The van der Waals surface area contributed by atoms with Crippen molar-refractivity contribution >= 4 is 17.3 Å². The first-order valence-electron chi connectivity index (χ1n) is 8.09. The van der Waals surface area contributed by atoms with Crippen LogP contribution in [-0.2, 0) is 10.2 Å². The summed E-state index contributed by atoms with van der Waals surface area (Å²) in [6.45, 7) is 0. The molecule has 0 saturated heterocycles. The molecule has 1 aliphatic rings. The van der Waals surface area contributed by atoms with Crippen molar-refractivity contribution in [2.75, 3.05) is 5.43 Å².